The average Bonchev–Trinajstić information content (AvgIpc) is 3.47. The summed E-state index contributed by atoms with van der Waals surface area (Å²) in [5.74, 6) is 1.33. The normalized spacial score (nSPS) is 15.3. The van der Waals surface area contributed by atoms with Crippen molar-refractivity contribution in [3.05, 3.63) is 93.6 Å². The Morgan fingerprint density at radius 2 is 1.74 bits per heavy atom. The molecule has 0 spiro atoms. The van der Waals surface area contributed by atoms with Crippen LogP contribution < -0.4 is 20.4 Å². The van der Waals surface area contributed by atoms with Crippen LogP contribution in [0.15, 0.2) is 75.9 Å². The quantitative estimate of drug-likeness (QED) is 0.356. The van der Waals surface area contributed by atoms with Crippen LogP contribution in [-0.2, 0) is 6.42 Å². The number of hydrogen-bond donors (Lipinski definition) is 1. The zero-order chi connectivity index (χ0) is 26.8. The van der Waals surface area contributed by atoms with Gasteiger partial charge in [-0.15, -0.1) is 0 Å². The highest BCUT2D eigenvalue weighted by Crippen LogP contribution is 2.36. The molecule has 1 amide bonds. The first-order valence-electron chi connectivity index (χ1n) is 13.7. The van der Waals surface area contributed by atoms with Gasteiger partial charge in [-0.2, -0.15) is 0 Å². The number of rotatable bonds is 7. The Balaban J connectivity index is 1.06. The number of piperazine rings is 1. The smallest absolute Gasteiger partial charge is 0.255 e. The first-order valence-corrected chi connectivity index (χ1v) is 13.7. The Bertz CT molecular complexity index is 1560. The molecule has 1 saturated heterocycles. The molecule has 7 nitrogen and oxygen atoms in total. The number of benzene rings is 3. The van der Waals surface area contributed by atoms with Crippen molar-refractivity contribution in [2.24, 2.45) is 0 Å². The zero-order valence-corrected chi connectivity index (χ0v) is 22.2. The molecule has 200 valence electrons. The summed E-state index contributed by atoms with van der Waals surface area (Å²) >= 11 is 0. The van der Waals surface area contributed by atoms with Crippen LogP contribution >= 0.6 is 0 Å². The van der Waals surface area contributed by atoms with Gasteiger partial charge >= 0.3 is 0 Å². The highest BCUT2D eigenvalue weighted by molar-refractivity contribution is 6.05. The number of hydrogen-bond acceptors (Lipinski definition) is 6. The molecule has 7 heteroatoms. The van der Waals surface area contributed by atoms with Crippen LogP contribution in [0.25, 0.3) is 22.3 Å². The fourth-order valence-corrected chi connectivity index (χ4v) is 5.61. The second kappa shape index (κ2) is 10.9. The van der Waals surface area contributed by atoms with Gasteiger partial charge in [-0.1, -0.05) is 48.5 Å². The van der Waals surface area contributed by atoms with E-state index in [0.29, 0.717) is 34.4 Å². The number of fused-ring (bicyclic) bond motifs is 2. The van der Waals surface area contributed by atoms with Crippen molar-refractivity contribution in [1.29, 1.82) is 0 Å². The molecule has 0 radical (unpaired) electrons. The molecule has 0 bridgehead atoms. The van der Waals surface area contributed by atoms with Crippen molar-refractivity contribution < 1.29 is 13.9 Å². The lowest BCUT2D eigenvalue weighted by atomic mass is 10.0. The van der Waals surface area contributed by atoms with Gasteiger partial charge in [0.1, 0.15) is 11.5 Å². The summed E-state index contributed by atoms with van der Waals surface area (Å²) in [6.07, 6.45) is 1.84. The molecule has 0 aliphatic carbocycles. The Kier molecular flexibility index (Phi) is 7.07. The van der Waals surface area contributed by atoms with E-state index in [2.05, 4.69) is 33.3 Å². The molecule has 6 rings (SSSR count). The van der Waals surface area contributed by atoms with Gasteiger partial charge in [0.25, 0.3) is 5.91 Å². The lowest BCUT2D eigenvalue weighted by molar-refractivity contribution is 0.0952. The largest absolute Gasteiger partial charge is 0.491 e. The number of ether oxygens (including phenoxy) is 1. The lowest BCUT2D eigenvalue weighted by Gasteiger charge is -2.36. The van der Waals surface area contributed by atoms with E-state index in [1.807, 2.05) is 30.3 Å². The number of nitrogens with one attached hydrogen (secondary N) is 1. The molecule has 2 aliphatic heterocycles. The fourth-order valence-electron chi connectivity index (χ4n) is 5.61. The first-order chi connectivity index (χ1) is 19.1. The summed E-state index contributed by atoms with van der Waals surface area (Å²) in [5.41, 5.74) is 4.47. The SMILES string of the molecule is Cc1c(-c2ccccc2)oc2c(C(=O)NCCCN3CCN(c4cccc5c4OCC5)CC3)cccc2c1=O. The van der Waals surface area contributed by atoms with E-state index in [1.165, 1.54) is 11.3 Å². The van der Waals surface area contributed by atoms with Gasteiger partial charge in [0, 0.05) is 50.3 Å². The number of anilines is 1. The van der Waals surface area contributed by atoms with Gasteiger partial charge in [0.2, 0.25) is 0 Å². The molecular formula is C32H33N3O4. The highest BCUT2D eigenvalue weighted by atomic mass is 16.5. The number of nitrogens with zero attached hydrogens (tertiary/aromatic N) is 2. The molecule has 4 aromatic rings. The van der Waals surface area contributed by atoms with Crippen LogP contribution in [0, 0.1) is 6.92 Å². The summed E-state index contributed by atoms with van der Waals surface area (Å²) in [6, 6.07) is 21.1. The summed E-state index contributed by atoms with van der Waals surface area (Å²) in [7, 11) is 0. The molecule has 1 aromatic heterocycles. The van der Waals surface area contributed by atoms with Gasteiger partial charge in [-0.3, -0.25) is 14.5 Å². The second-order valence-electron chi connectivity index (χ2n) is 10.2. The number of para-hydroxylation sites is 2. The van der Waals surface area contributed by atoms with Crippen molar-refractivity contribution in [2.75, 3.05) is 50.8 Å². The molecule has 39 heavy (non-hydrogen) atoms. The maximum absolute atomic E-state index is 13.1. The Hall–Kier alpha value is -4.10. The van der Waals surface area contributed by atoms with Crippen LogP contribution in [0.5, 0.6) is 5.75 Å². The second-order valence-corrected chi connectivity index (χ2v) is 10.2. The summed E-state index contributed by atoms with van der Waals surface area (Å²) in [6.45, 7) is 7.89. The van der Waals surface area contributed by atoms with E-state index in [1.54, 1.807) is 25.1 Å². The van der Waals surface area contributed by atoms with E-state index in [9.17, 15) is 9.59 Å². The standard InChI is InChI=1S/C32H33N3O4/c1-22-28(36)25-11-6-12-26(31(25)39-29(22)23-8-3-2-4-9-23)32(37)33-15-7-16-34-17-19-35(20-18-34)27-13-5-10-24-14-21-38-30(24)27/h2-6,8-13H,7,14-21H2,1H3,(H,33,37). The van der Waals surface area contributed by atoms with Crippen LogP contribution in [0.3, 0.4) is 0 Å². The van der Waals surface area contributed by atoms with E-state index in [-0.39, 0.29) is 11.3 Å². The number of amides is 1. The van der Waals surface area contributed by atoms with Crippen LogP contribution in [-0.4, -0.2) is 56.7 Å². The maximum Gasteiger partial charge on any atom is 0.255 e. The van der Waals surface area contributed by atoms with Crippen LogP contribution in [0.1, 0.15) is 27.9 Å². The first kappa shape index (κ1) is 25.2. The average molecular weight is 524 g/mol. The molecule has 0 atom stereocenters. The Labute approximate surface area is 228 Å². The predicted octanol–water partition coefficient (Wildman–Crippen LogP) is 4.65. The molecule has 0 unspecified atom stereocenters. The molecule has 1 N–H and O–H groups in total. The lowest BCUT2D eigenvalue weighted by Crippen LogP contribution is -2.47. The van der Waals surface area contributed by atoms with Crippen LogP contribution in [0.4, 0.5) is 5.69 Å². The summed E-state index contributed by atoms with van der Waals surface area (Å²) < 4.78 is 12.1. The summed E-state index contributed by atoms with van der Waals surface area (Å²) in [5, 5.41) is 3.46. The van der Waals surface area contributed by atoms with Gasteiger partial charge in [-0.25, -0.2) is 0 Å². The molecule has 3 aromatic carbocycles. The minimum absolute atomic E-state index is 0.115. The molecule has 3 heterocycles. The minimum Gasteiger partial charge on any atom is -0.491 e. The Morgan fingerprint density at radius 1 is 0.949 bits per heavy atom. The third-order valence-electron chi connectivity index (χ3n) is 7.77. The van der Waals surface area contributed by atoms with Gasteiger partial charge < -0.3 is 19.4 Å². The van der Waals surface area contributed by atoms with Crippen molar-refractivity contribution in [3.63, 3.8) is 0 Å². The molecule has 2 aliphatic rings. The number of carbonyl (C=O) groups excluding carboxylic acids is 1. The third kappa shape index (κ3) is 5.02. The van der Waals surface area contributed by atoms with E-state index in [4.69, 9.17) is 9.15 Å². The summed E-state index contributed by atoms with van der Waals surface area (Å²) in [4.78, 5) is 31.1. The zero-order valence-electron chi connectivity index (χ0n) is 22.2. The predicted molar refractivity (Wildman–Crippen MR) is 154 cm³/mol. The van der Waals surface area contributed by atoms with Gasteiger partial charge in [0.05, 0.1) is 23.2 Å². The van der Waals surface area contributed by atoms with Crippen molar-refractivity contribution >= 4 is 22.6 Å². The topological polar surface area (TPSA) is 75.0 Å². The van der Waals surface area contributed by atoms with Gasteiger partial charge in [-0.05, 0) is 43.7 Å². The van der Waals surface area contributed by atoms with E-state index in [0.717, 1.165) is 63.5 Å². The highest BCUT2D eigenvalue weighted by Gasteiger charge is 2.23. The fraction of sp³-hybridized carbons (Fsp3) is 0.312. The van der Waals surface area contributed by atoms with Crippen molar-refractivity contribution in [1.82, 2.24) is 10.2 Å². The van der Waals surface area contributed by atoms with Crippen LogP contribution in [0.2, 0.25) is 0 Å². The van der Waals surface area contributed by atoms with E-state index < -0.39 is 0 Å². The number of carbonyl (C=O) groups is 1. The molecule has 0 saturated carbocycles. The Morgan fingerprint density at radius 3 is 2.56 bits per heavy atom. The van der Waals surface area contributed by atoms with Crippen molar-refractivity contribution in [3.8, 4) is 17.1 Å². The van der Waals surface area contributed by atoms with E-state index >= 15 is 0 Å². The molecule has 1 fully saturated rings. The third-order valence-corrected chi connectivity index (χ3v) is 7.77. The van der Waals surface area contributed by atoms with Gasteiger partial charge in [0.15, 0.2) is 11.0 Å². The molecular weight excluding hydrogens is 490 g/mol. The minimum atomic E-state index is -0.227. The van der Waals surface area contributed by atoms with Crippen molar-refractivity contribution in [2.45, 2.75) is 19.8 Å². The maximum atomic E-state index is 13.1. The monoisotopic (exact) mass is 523 g/mol.